The van der Waals surface area contributed by atoms with Gasteiger partial charge in [-0.25, -0.2) is 10.2 Å². The second-order valence-electron chi connectivity index (χ2n) is 6.35. The topological polar surface area (TPSA) is 96.9 Å². The van der Waals surface area contributed by atoms with Crippen molar-refractivity contribution in [3.8, 4) is 5.75 Å². The lowest BCUT2D eigenvalue weighted by atomic mass is 10.0. The van der Waals surface area contributed by atoms with Crippen molar-refractivity contribution in [1.29, 1.82) is 0 Å². The molecule has 10 heteroatoms. The fourth-order valence-corrected chi connectivity index (χ4v) is 3.26. The van der Waals surface area contributed by atoms with E-state index in [-0.39, 0.29) is 5.75 Å². The number of urea groups is 1. The van der Waals surface area contributed by atoms with E-state index in [2.05, 4.69) is 15.8 Å². The van der Waals surface area contributed by atoms with Crippen molar-refractivity contribution < 1.29 is 17.4 Å². The molecule has 0 saturated heterocycles. The Morgan fingerprint density at radius 1 is 0.839 bits per heavy atom. The first-order chi connectivity index (χ1) is 14.7. The van der Waals surface area contributed by atoms with Crippen molar-refractivity contribution in [1.82, 2.24) is 5.43 Å². The molecule has 0 aromatic heterocycles. The Labute approximate surface area is 189 Å². The van der Waals surface area contributed by atoms with E-state index in [1.165, 1.54) is 12.1 Å². The standard InChI is InChI=1S/C21H17Cl2N3O4S/c1-31(28,29)30-19-12-4-15(5-13-19)20(14-2-6-16(22)7-3-14)25-26-21(27)24-18-10-8-17(23)9-11-18/h2-13H,1H3,(H2,24,26,27). The number of carbonyl (C=O) groups excluding carboxylic acids is 1. The second-order valence-corrected chi connectivity index (χ2v) is 8.80. The maximum Gasteiger partial charge on any atom is 0.339 e. The smallest absolute Gasteiger partial charge is 0.339 e. The zero-order valence-corrected chi connectivity index (χ0v) is 18.5. The van der Waals surface area contributed by atoms with Crippen molar-refractivity contribution >= 4 is 50.8 Å². The summed E-state index contributed by atoms with van der Waals surface area (Å²) in [6, 6.07) is 19.2. The van der Waals surface area contributed by atoms with Crippen LogP contribution in [0.15, 0.2) is 77.9 Å². The predicted octanol–water partition coefficient (Wildman–Crippen LogP) is 4.91. The molecule has 3 aromatic carbocycles. The summed E-state index contributed by atoms with van der Waals surface area (Å²) in [5.41, 5.74) is 4.75. The minimum Gasteiger partial charge on any atom is -0.383 e. The minimum absolute atomic E-state index is 0.162. The molecule has 0 atom stereocenters. The molecule has 2 amide bonds. The van der Waals surface area contributed by atoms with E-state index in [9.17, 15) is 13.2 Å². The molecule has 2 N–H and O–H groups in total. The molecular weight excluding hydrogens is 461 g/mol. The number of anilines is 1. The van der Waals surface area contributed by atoms with Gasteiger partial charge >= 0.3 is 16.1 Å². The van der Waals surface area contributed by atoms with Gasteiger partial charge in [0.05, 0.1) is 12.0 Å². The van der Waals surface area contributed by atoms with E-state index in [0.29, 0.717) is 32.6 Å². The number of hydrogen-bond donors (Lipinski definition) is 2. The summed E-state index contributed by atoms with van der Waals surface area (Å²) in [5.74, 6) is 0.162. The SMILES string of the molecule is CS(=O)(=O)Oc1ccc(C(=NNC(=O)Nc2ccc(Cl)cc2)c2ccc(Cl)cc2)cc1. The zero-order chi connectivity index (χ0) is 22.4. The molecule has 3 aromatic rings. The molecule has 0 aliphatic heterocycles. The highest BCUT2D eigenvalue weighted by molar-refractivity contribution is 7.86. The normalized spacial score (nSPS) is 11.6. The Morgan fingerprint density at radius 2 is 1.32 bits per heavy atom. The Kier molecular flexibility index (Phi) is 7.17. The number of benzene rings is 3. The number of nitrogens with one attached hydrogen (secondary N) is 2. The van der Waals surface area contributed by atoms with Gasteiger partial charge in [-0.3, -0.25) is 0 Å². The number of carbonyl (C=O) groups is 1. The van der Waals surface area contributed by atoms with E-state index in [4.69, 9.17) is 27.4 Å². The van der Waals surface area contributed by atoms with Gasteiger partial charge in [-0.05, 0) is 60.7 Å². The highest BCUT2D eigenvalue weighted by Gasteiger charge is 2.11. The van der Waals surface area contributed by atoms with Crippen LogP contribution in [0.2, 0.25) is 10.0 Å². The lowest BCUT2D eigenvalue weighted by Crippen LogP contribution is -2.26. The largest absolute Gasteiger partial charge is 0.383 e. The number of hydrazone groups is 1. The number of halogens is 2. The average Bonchev–Trinajstić information content (AvgIpc) is 2.71. The number of rotatable bonds is 6. The molecule has 0 heterocycles. The maximum absolute atomic E-state index is 12.3. The molecule has 0 bridgehead atoms. The third-order valence-corrected chi connectivity index (χ3v) is 4.86. The summed E-state index contributed by atoms with van der Waals surface area (Å²) in [6.45, 7) is 0. The fraction of sp³-hybridized carbons (Fsp3) is 0.0476. The van der Waals surface area contributed by atoms with Crippen molar-refractivity contribution in [2.45, 2.75) is 0 Å². The van der Waals surface area contributed by atoms with Crippen molar-refractivity contribution in [2.75, 3.05) is 11.6 Å². The van der Waals surface area contributed by atoms with Gasteiger partial charge in [0, 0.05) is 26.9 Å². The molecule has 0 radical (unpaired) electrons. The summed E-state index contributed by atoms with van der Waals surface area (Å²) >= 11 is 11.8. The van der Waals surface area contributed by atoms with E-state index < -0.39 is 16.1 Å². The van der Waals surface area contributed by atoms with Crippen LogP contribution in [0.3, 0.4) is 0 Å². The highest BCUT2D eigenvalue weighted by Crippen LogP contribution is 2.19. The van der Waals surface area contributed by atoms with E-state index in [1.807, 2.05) is 0 Å². The van der Waals surface area contributed by atoms with Crippen LogP contribution >= 0.6 is 23.2 Å². The summed E-state index contributed by atoms with van der Waals surface area (Å²) in [5, 5.41) is 7.99. The van der Waals surface area contributed by atoms with Gasteiger partial charge in [-0.2, -0.15) is 13.5 Å². The van der Waals surface area contributed by atoms with Gasteiger partial charge in [-0.15, -0.1) is 0 Å². The molecule has 31 heavy (non-hydrogen) atoms. The molecule has 0 aliphatic carbocycles. The molecule has 0 saturated carbocycles. The van der Waals surface area contributed by atoms with E-state index >= 15 is 0 Å². The molecule has 7 nitrogen and oxygen atoms in total. The highest BCUT2D eigenvalue weighted by atomic mass is 35.5. The van der Waals surface area contributed by atoms with Crippen LogP contribution in [-0.4, -0.2) is 26.4 Å². The number of hydrogen-bond acceptors (Lipinski definition) is 5. The first kappa shape index (κ1) is 22.6. The van der Waals surface area contributed by atoms with Crippen molar-refractivity contribution in [2.24, 2.45) is 5.10 Å². The quantitative estimate of drug-likeness (QED) is 0.299. The van der Waals surface area contributed by atoms with Crippen LogP contribution in [0, 0.1) is 0 Å². The van der Waals surface area contributed by atoms with Crippen LogP contribution < -0.4 is 14.9 Å². The molecule has 160 valence electrons. The first-order valence-electron chi connectivity index (χ1n) is 8.86. The summed E-state index contributed by atoms with van der Waals surface area (Å²) in [4.78, 5) is 12.3. The minimum atomic E-state index is -3.64. The molecule has 0 fully saturated rings. The van der Waals surface area contributed by atoms with Crippen LogP contribution in [-0.2, 0) is 10.1 Å². The Morgan fingerprint density at radius 3 is 1.84 bits per heavy atom. The third-order valence-electron chi connectivity index (χ3n) is 3.86. The fourth-order valence-electron chi connectivity index (χ4n) is 2.55. The van der Waals surface area contributed by atoms with Crippen LogP contribution in [0.1, 0.15) is 11.1 Å². The van der Waals surface area contributed by atoms with Gasteiger partial charge in [0.2, 0.25) is 0 Å². The number of amides is 2. The molecule has 0 unspecified atom stereocenters. The van der Waals surface area contributed by atoms with Crippen molar-refractivity contribution in [3.63, 3.8) is 0 Å². The summed E-state index contributed by atoms with van der Waals surface area (Å²) < 4.78 is 27.5. The van der Waals surface area contributed by atoms with Gasteiger partial charge < -0.3 is 9.50 Å². The zero-order valence-electron chi connectivity index (χ0n) is 16.2. The van der Waals surface area contributed by atoms with Gasteiger partial charge in [-0.1, -0.05) is 35.3 Å². The molecule has 3 rings (SSSR count). The Bertz CT molecular complexity index is 1190. The predicted molar refractivity (Wildman–Crippen MR) is 123 cm³/mol. The summed E-state index contributed by atoms with van der Waals surface area (Å²) in [7, 11) is -3.64. The molecular formula is C21H17Cl2N3O4S. The monoisotopic (exact) mass is 477 g/mol. The Hall–Kier alpha value is -3.07. The van der Waals surface area contributed by atoms with Gasteiger partial charge in [0.15, 0.2) is 0 Å². The van der Waals surface area contributed by atoms with Crippen LogP contribution in [0.4, 0.5) is 10.5 Å². The van der Waals surface area contributed by atoms with Gasteiger partial charge in [0.1, 0.15) is 5.75 Å². The third kappa shape index (κ3) is 6.99. The lowest BCUT2D eigenvalue weighted by Gasteiger charge is -2.10. The van der Waals surface area contributed by atoms with Crippen LogP contribution in [0.25, 0.3) is 0 Å². The number of nitrogens with zero attached hydrogens (tertiary/aromatic N) is 1. The summed E-state index contributed by atoms with van der Waals surface area (Å²) in [6.07, 6.45) is 0.963. The Balaban J connectivity index is 1.85. The van der Waals surface area contributed by atoms with E-state index in [1.54, 1.807) is 60.7 Å². The van der Waals surface area contributed by atoms with Gasteiger partial charge in [0.25, 0.3) is 0 Å². The second kappa shape index (κ2) is 9.82. The van der Waals surface area contributed by atoms with Crippen LogP contribution in [0.5, 0.6) is 5.75 Å². The van der Waals surface area contributed by atoms with E-state index in [0.717, 1.165) is 6.26 Å². The first-order valence-corrected chi connectivity index (χ1v) is 11.4. The van der Waals surface area contributed by atoms with Crippen molar-refractivity contribution in [3.05, 3.63) is 94.0 Å². The average molecular weight is 478 g/mol. The molecule has 0 spiro atoms. The molecule has 0 aliphatic rings. The lowest BCUT2D eigenvalue weighted by molar-refractivity contribution is 0.252. The maximum atomic E-state index is 12.3.